The smallest absolute Gasteiger partial charge is 0.194 e. The standard InChI is InChI=1S/C8H12O4/c9-8-7-4(3-10-12-8)5-1-2-6(7)11-5/h4-9H,1-3H2. The summed E-state index contributed by atoms with van der Waals surface area (Å²) in [5, 5.41) is 9.47. The molecule has 0 aromatic heterocycles. The van der Waals surface area contributed by atoms with Crippen molar-refractivity contribution < 1.29 is 19.6 Å². The van der Waals surface area contributed by atoms with Crippen molar-refractivity contribution in [2.24, 2.45) is 11.8 Å². The second-order valence-corrected chi connectivity index (χ2v) is 3.80. The lowest BCUT2D eigenvalue weighted by Gasteiger charge is -2.34. The van der Waals surface area contributed by atoms with Crippen molar-refractivity contribution in [2.45, 2.75) is 31.3 Å². The molecule has 0 aromatic rings. The minimum atomic E-state index is -0.779. The van der Waals surface area contributed by atoms with Gasteiger partial charge in [0.2, 0.25) is 0 Å². The number of ether oxygens (including phenoxy) is 1. The zero-order valence-corrected chi connectivity index (χ0v) is 6.68. The van der Waals surface area contributed by atoms with Crippen LogP contribution in [0.3, 0.4) is 0 Å². The van der Waals surface area contributed by atoms with Crippen molar-refractivity contribution >= 4 is 0 Å². The second-order valence-electron chi connectivity index (χ2n) is 3.80. The summed E-state index contributed by atoms with van der Waals surface area (Å²) in [5.74, 6) is 0.505. The first-order valence-corrected chi connectivity index (χ1v) is 4.48. The predicted molar refractivity (Wildman–Crippen MR) is 37.9 cm³/mol. The van der Waals surface area contributed by atoms with Gasteiger partial charge in [-0.15, -0.1) is 0 Å². The fourth-order valence-electron chi connectivity index (χ4n) is 2.68. The highest BCUT2D eigenvalue weighted by Gasteiger charge is 2.54. The molecule has 0 radical (unpaired) electrons. The van der Waals surface area contributed by atoms with Gasteiger partial charge in [0.15, 0.2) is 6.29 Å². The normalized spacial score (nSPS) is 57.2. The van der Waals surface area contributed by atoms with Gasteiger partial charge in [-0.3, -0.25) is 0 Å². The van der Waals surface area contributed by atoms with E-state index in [9.17, 15) is 5.11 Å². The molecule has 3 rings (SSSR count). The lowest BCUT2D eigenvalue weighted by molar-refractivity contribution is -0.416. The quantitative estimate of drug-likeness (QED) is 0.525. The Morgan fingerprint density at radius 1 is 1.17 bits per heavy atom. The van der Waals surface area contributed by atoms with Gasteiger partial charge in [-0.1, -0.05) is 0 Å². The van der Waals surface area contributed by atoms with E-state index in [4.69, 9.17) is 14.5 Å². The summed E-state index contributed by atoms with van der Waals surface area (Å²) in [5.41, 5.74) is 0. The van der Waals surface area contributed by atoms with E-state index in [2.05, 4.69) is 0 Å². The number of aliphatic hydroxyl groups is 1. The molecule has 5 unspecified atom stereocenters. The van der Waals surface area contributed by atoms with E-state index in [1.807, 2.05) is 0 Å². The first kappa shape index (κ1) is 7.26. The summed E-state index contributed by atoms with van der Waals surface area (Å²) in [6, 6.07) is 0. The highest BCUT2D eigenvalue weighted by atomic mass is 17.2. The molecule has 68 valence electrons. The molecule has 5 atom stereocenters. The monoisotopic (exact) mass is 172 g/mol. The Bertz CT molecular complexity index is 195. The van der Waals surface area contributed by atoms with Gasteiger partial charge in [0.05, 0.1) is 18.8 Å². The summed E-state index contributed by atoms with van der Waals surface area (Å²) in [7, 11) is 0. The number of hydrogen-bond acceptors (Lipinski definition) is 4. The van der Waals surface area contributed by atoms with Gasteiger partial charge < -0.3 is 9.84 Å². The lowest BCUT2D eigenvalue weighted by atomic mass is 9.79. The van der Waals surface area contributed by atoms with Crippen LogP contribution in [0.1, 0.15) is 12.8 Å². The van der Waals surface area contributed by atoms with E-state index in [-0.39, 0.29) is 12.0 Å². The molecule has 0 spiro atoms. The van der Waals surface area contributed by atoms with Gasteiger partial charge in [-0.25, -0.2) is 9.78 Å². The molecule has 0 amide bonds. The number of fused-ring (bicyclic) bond motifs is 5. The Balaban J connectivity index is 1.86. The topological polar surface area (TPSA) is 47.9 Å². The molecule has 4 heteroatoms. The maximum Gasteiger partial charge on any atom is 0.194 e. The fourth-order valence-corrected chi connectivity index (χ4v) is 2.68. The average Bonchev–Trinajstić information content (AvgIpc) is 2.64. The van der Waals surface area contributed by atoms with E-state index < -0.39 is 6.29 Å². The number of hydrogen-bond donors (Lipinski definition) is 1. The third kappa shape index (κ3) is 0.808. The highest BCUT2D eigenvalue weighted by Crippen LogP contribution is 2.46. The summed E-state index contributed by atoms with van der Waals surface area (Å²) in [6.45, 7) is 0.572. The molecule has 0 aromatic carbocycles. The maximum absolute atomic E-state index is 9.47. The molecule has 0 aliphatic carbocycles. The van der Waals surface area contributed by atoms with E-state index in [0.717, 1.165) is 12.8 Å². The van der Waals surface area contributed by atoms with Gasteiger partial charge in [-0.05, 0) is 12.8 Å². The lowest BCUT2D eigenvalue weighted by Crippen LogP contribution is -2.44. The van der Waals surface area contributed by atoms with Crippen LogP contribution in [0.15, 0.2) is 0 Å². The second kappa shape index (κ2) is 2.42. The van der Waals surface area contributed by atoms with Crippen LogP contribution in [0.4, 0.5) is 0 Å². The molecule has 12 heavy (non-hydrogen) atoms. The van der Waals surface area contributed by atoms with Crippen LogP contribution in [0, 0.1) is 11.8 Å². The van der Waals surface area contributed by atoms with Crippen molar-refractivity contribution in [3.63, 3.8) is 0 Å². The maximum atomic E-state index is 9.47. The molecule has 3 saturated heterocycles. The van der Waals surface area contributed by atoms with Gasteiger partial charge in [0, 0.05) is 11.8 Å². The third-order valence-corrected chi connectivity index (χ3v) is 3.24. The zero-order valence-electron chi connectivity index (χ0n) is 6.68. The van der Waals surface area contributed by atoms with Crippen LogP contribution >= 0.6 is 0 Å². The van der Waals surface area contributed by atoms with E-state index in [1.54, 1.807) is 0 Å². The molecule has 3 fully saturated rings. The first-order valence-electron chi connectivity index (χ1n) is 4.48. The van der Waals surface area contributed by atoms with Crippen molar-refractivity contribution in [2.75, 3.05) is 6.61 Å². The minimum absolute atomic E-state index is 0.150. The molecule has 4 nitrogen and oxygen atoms in total. The van der Waals surface area contributed by atoms with Gasteiger partial charge in [0.25, 0.3) is 0 Å². The summed E-state index contributed by atoms with van der Waals surface area (Å²) in [4.78, 5) is 9.54. The van der Waals surface area contributed by atoms with E-state index >= 15 is 0 Å². The Morgan fingerprint density at radius 3 is 2.83 bits per heavy atom. The van der Waals surface area contributed by atoms with E-state index in [1.165, 1.54) is 0 Å². The van der Waals surface area contributed by atoms with Crippen LogP contribution in [-0.4, -0.2) is 30.2 Å². The minimum Gasteiger partial charge on any atom is -0.374 e. The molecule has 3 aliphatic heterocycles. The fraction of sp³-hybridized carbons (Fsp3) is 1.00. The molecule has 3 heterocycles. The molecule has 1 N–H and O–H groups in total. The molecular formula is C8H12O4. The Kier molecular flexibility index (Phi) is 1.46. The molecule has 2 bridgehead atoms. The van der Waals surface area contributed by atoms with Crippen molar-refractivity contribution in [1.82, 2.24) is 0 Å². The molecule has 0 saturated carbocycles. The average molecular weight is 172 g/mol. The van der Waals surface area contributed by atoms with Crippen molar-refractivity contribution in [3.05, 3.63) is 0 Å². The first-order chi connectivity index (χ1) is 5.86. The Morgan fingerprint density at radius 2 is 2.00 bits per heavy atom. The Labute approximate surface area is 70.3 Å². The van der Waals surface area contributed by atoms with Crippen molar-refractivity contribution in [3.8, 4) is 0 Å². The number of rotatable bonds is 0. The number of aliphatic hydroxyl groups excluding tert-OH is 1. The summed E-state index contributed by atoms with van der Waals surface area (Å²) in [6.07, 6.45) is 1.91. The SMILES string of the molecule is OC1OOCC2C3CCC(O3)C12. The Hall–Kier alpha value is -0.160. The van der Waals surface area contributed by atoms with Gasteiger partial charge in [0.1, 0.15) is 0 Å². The van der Waals surface area contributed by atoms with Gasteiger partial charge >= 0.3 is 0 Å². The van der Waals surface area contributed by atoms with Crippen LogP contribution in [0.5, 0.6) is 0 Å². The zero-order chi connectivity index (χ0) is 8.13. The molecule has 3 aliphatic rings. The largest absolute Gasteiger partial charge is 0.374 e. The summed E-state index contributed by atoms with van der Waals surface area (Å²) < 4.78 is 5.67. The third-order valence-electron chi connectivity index (χ3n) is 3.24. The highest BCUT2D eigenvalue weighted by molar-refractivity contribution is 4.97. The van der Waals surface area contributed by atoms with Crippen LogP contribution < -0.4 is 0 Å². The summed E-state index contributed by atoms with van der Waals surface area (Å²) >= 11 is 0. The molecular weight excluding hydrogens is 160 g/mol. The van der Waals surface area contributed by atoms with E-state index in [0.29, 0.717) is 18.6 Å². The predicted octanol–water partition coefficient (Wildman–Crippen LogP) is 0.0602. The van der Waals surface area contributed by atoms with Crippen LogP contribution in [0.25, 0.3) is 0 Å². The van der Waals surface area contributed by atoms with Crippen LogP contribution in [-0.2, 0) is 14.5 Å². The van der Waals surface area contributed by atoms with Crippen LogP contribution in [0.2, 0.25) is 0 Å². The van der Waals surface area contributed by atoms with Crippen molar-refractivity contribution in [1.29, 1.82) is 0 Å². The van der Waals surface area contributed by atoms with Gasteiger partial charge in [-0.2, -0.15) is 0 Å².